The van der Waals surface area contributed by atoms with Crippen LogP contribution in [0.1, 0.15) is 0 Å². The van der Waals surface area contributed by atoms with Crippen LogP contribution in [0, 0.1) is 10.4 Å². The molecule has 0 radical (unpaired) electrons. The molecule has 0 amide bonds. The van der Waals surface area contributed by atoms with Gasteiger partial charge in [-0.2, -0.15) is 0 Å². The van der Waals surface area contributed by atoms with Crippen LogP contribution in [0.5, 0.6) is 0 Å². The molecule has 16 heavy (non-hydrogen) atoms. The van der Waals surface area contributed by atoms with Crippen LogP contribution < -0.4 is 0 Å². The highest BCUT2D eigenvalue weighted by molar-refractivity contribution is 6.86. The molecule has 1 aliphatic heterocycles. The highest BCUT2D eigenvalue weighted by Crippen LogP contribution is 2.01. The second kappa shape index (κ2) is 3.96. The number of ketones is 1. The standard InChI is InChI=1S/C7H6N2O7/c1-15-6(11)3-5(10)4(7(12)16-2)9(14)8(3)13/h1-2H3. The fourth-order valence-corrected chi connectivity index (χ4v) is 1.00. The molecule has 0 aliphatic carbocycles. The molecule has 1 heterocycles. The Bertz CT molecular complexity index is 408. The maximum absolute atomic E-state index is 11.4. The van der Waals surface area contributed by atoms with Crippen LogP contribution in [0.3, 0.4) is 0 Å². The van der Waals surface area contributed by atoms with Gasteiger partial charge in [-0.15, -0.1) is 0 Å². The molecule has 0 aromatic carbocycles. The van der Waals surface area contributed by atoms with E-state index in [9.17, 15) is 24.8 Å². The van der Waals surface area contributed by atoms with Crippen LogP contribution in [0.2, 0.25) is 0 Å². The summed E-state index contributed by atoms with van der Waals surface area (Å²) >= 11 is 0. The van der Waals surface area contributed by atoms with Gasteiger partial charge in [-0.25, -0.2) is 9.59 Å². The minimum atomic E-state index is -1.33. The second-order valence-electron chi connectivity index (χ2n) is 2.56. The van der Waals surface area contributed by atoms with Gasteiger partial charge < -0.3 is 19.9 Å². The molecule has 0 spiro atoms. The van der Waals surface area contributed by atoms with Crippen LogP contribution in [0.15, 0.2) is 0 Å². The van der Waals surface area contributed by atoms with Crippen molar-refractivity contribution < 1.29 is 33.6 Å². The predicted octanol–water partition coefficient (Wildman–Crippen LogP) is -2.27. The van der Waals surface area contributed by atoms with Gasteiger partial charge in [0.2, 0.25) is 0 Å². The van der Waals surface area contributed by atoms with E-state index in [0.717, 1.165) is 14.2 Å². The smallest absolute Gasteiger partial charge is 0.426 e. The maximum atomic E-state index is 11.4. The average Bonchev–Trinajstić information content (AvgIpc) is 2.49. The summed E-state index contributed by atoms with van der Waals surface area (Å²) in [7, 11) is 1.84. The number of ether oxygens (including phenoxy) is 2. The van der Waals surface area contributed by atoms with E-state index >= 15 is 0 Å². The molecule has 9 heteroatoms. The quantitative estimate of drug-likeness (QED) is 0.298. The summed E-state index contributed by atoms with van der Waals surface area (Å²) in [5.41, 5.74) is -2.17. The molecule has 1 rings (SSSR count). The molecule has 0 saturated carbocycles. The Kier molecular flexibility index (Phi) is 2.88. The number of esters is 2. The zero-order valence-electron chi connectivity index (χ0n) is 8.25. The highest BCUT2D eigenvalue weighted by Gasteiger charge is 2.53. The van der Waals surface area contributed by atoms with Crippen molar-refractivity contribution in [2.45, 2.75) is 0 Å². The van der Waals surface area contributed by atoms with E-state index in [1.165, 1.54) is 0 Å². The van der Waals surface area contributed by atoms with Crippen molar-refractivity contribution in [3.63, 3.8) is 0 Å². The third-order valence-corrected chi connectivity index (χ3v) is 1.74. The number of carbonyl (C=O) groups excluding carboxylic acids is 3. The lowest BCUT2D eigenvalue weighted by molar-refractivity contribution is -1.05. The minimum Gasteiger partial charge on any atom is -0.560 e. The first-order chi connectivity index (χ1) is 7.45. The zero-order valence-corrected chi connectivity index (χ0v) is 8.25. The first-order valence-corrected chi connectivity index (χ1v) is 3.85. The van der Waals surface area contributed by atoms with Crippen molar-refractivity contribution in [2.24, 2.45) is 0 Å². The summed E-state index contributed by atoms with van der Waals surface area (Å²) in [6.45, 7) is 0. The lowest BCUT2D eigenvalue weighted by atomic mass is 10.1. The fourth-order valence-electron chi connectivity index (χ4n) is 1.00. The largest absolute Gasteiger partial charge is 0.560 e. The summed E-state index contributed by atoms with van der Waals surface area (Å²) in [5, 5.41) is 22.2. The Balaban J connectivity index is 3.23. The normalized spacial score (nSPS) is 15.5. The molecular formula is C7H6N2O7. The van der Waals surface area contributed by atoms with Crippen molar-refractivity contribution in [3.8, 4) is 0 Å². The fraction of sp³-hybridized carbons (Fsp3) is 0.286. The predicted molar refractivity (Wildman–Crippen MR) is 46.3 cm³/mol. The monoisotopic (exact) mass is 230 g/mol. The van der Waals surface area contributed by atoms with Crippen LogP contribution in [0.25, 0.3) is 0 Å². The van der Waals surface area contributed by atoms with Crippen LogP contribution in [-0.4, -0.2) is 53.1 Å². The van der Waals surface area contributed by atoms with Gasteiger partial charge in [0.15, 0.2) is 0 Å². The molecule has 0 saturated heterocycles. The number of rotatable bonds is 2. The Morgan fingerprint density at radius 1 is 1.00 bits per heavy atom. The number of nitrogens with zero attached hydrogens (tertiary/aromatic N) is 2. The van der Waals surface area contributed by atoms with Crippen molar-refractivity contribution in [3.05, 3.63) is 10.4 Å². The lowest BCUT2D eigenvalue weighted by Gasteiger charge is -1.96. The molecule has 1 aliphatic rings. The van der Waals surface area contributed by atoms with Gasteiger partial charge in [0.1, 0.15) is 0 Å². The third-order valence-electron chi connectivity index (χ3n) is 1.74. The molecule has 86 valence electrons. The Morgan fingerprint density at radius 2 is 1.31 bits per heavy atom. The zero-order chi connectivity index (χ0) is 12.5. The van der Waals surface area contributed by atoms with Crippen LogP contribution >= 0.6 is 0 Å². The second-order valence-corrected chi connectivity index (χ2v) is 2.56. The van der Waals surface area contributed by atoms with E-state index in [1.807, 2.05) is 0 Å². The molecule has 0 aromatic rings. The number of Topliss-reactive ketones (excluding diaryl/α,β-unsaturated/α-hetero) is 1. The number of hydrazine groups is 1. The number of hydrazone groups is 2. The van der Waals surface area contributed by atoms with Gasteiger partial charge in [-0.3, -0.25) is 4.79 Å². The Labute approximate surface area is 88.3 Å². The maximum Gasteiger partial charge on any atom is 0.426 e. The summed E-state index contributed by atoms with van der Waals surface area (Å²) < 4.78 is 8.23. The van der Waals surface area contributed by atoms with E-state index in [4.69, 9.17) is 0 Å². The molecular weight excluding hydrogens is 224 g/mol. The van der Waals surface area contributed by atoms with E-state index < -0.39 is 38.8 Å². The van der Waals surface area contributed by atoms with E-state index in [2.05, 4.69) is 9.47 Å². The number of carbonyl (C=O) groups is 3. The summed E-state index contributed by atoms with van der Waals surface area (Å²) in [5.74, 6) is -3.94. The van der Waals surface area contributed by atoms with Crippen LogP contribution in [-0.2, 0) is 23.9 Å². The number of hydrogen-bond donors (Lipinski definition) is 0. The summed E-state index contributed by atoms with van der Waals surface area (Å²) in [6, 6.07) is 0. The number of hydrogen-bond acceptors (Lipinski definition) is 7. The topological polar surface area (TPSA) is 122 Å². The minimum absolute atomic E-state index is 0.569. The van der Waals surface area contributed by atoms with Gasteiger partial charge >= 0.3 is 29.1 Å². The number of methoxy groups -OCH3 is 2. The van der Waals surface area contributed by atoms with Gasteiger partial charge in [-0.05, 0) is 0 Å². The van der Waals surface area contributed by atoms with Crippen LogP contribution in [0.4, 0.5) is 0 Å². The van der Waals surface area contributed by atoms with E-state index in [-0.39, 0.29) is 0 Å². The SMILES string of the molecule is COC(=O)C1=[N+]([O-])[N+]([O-])=C(C(=O)OC)C1=O. The first kappa shape index (κ1) is 11.6. The first-order valence-electron chi connectivity index (χ1n) is 3.85. The lowest BCUT2D eigenvalue weighted by Crippen LogP contribution is -2.34. The van der Waals surface area contributed by atoms with E-state index in [1.54, 1.807) is 0 Å². The Morgan fingerprint density at radius 3 is 1.56 bits per heavy atom. The molecule has 0 fully saturated rings. The van der Waals surface area contributed by atoms with Crippen molar-refractivity contribution >= 4 is 29.1 Å². The highest BCUT2D eigenvalue weighted by atomic mass is 16.7. The van der Waals surface area contributed by atoms with Gasteiger partial charge in [0, 0.05) is 0 Å². The molecule has 9 nitrogen and oxygen atoms in total. The van der Waals surface area contributed by atoms with Crippen molar-refractivity contribution in [1.29, 1.82) is 0 Å². The molecule has 0 unspecified atom stereocenters. The van der Waals surface area contributed by atoms with Gasteiger partial charge in [0.05, 0.1) is 23.9 Å². The van der Waals surface area contributed by atoms with Gasteiger partial charge in [-0.1, -0.05) is 0 Å². The third kappa shape index (κ3) is 1.47. The van der Waals surface area contributed by atoms with E-state index in [0.29, 0.717) is 0 Å². The molecule has 0 atom stereocenters. The molecule has 0 N–H and O–H groups in total. The van der Waals surface area contributed by atoms with Crippen molar-refractivity contribution in [1.82, 2.24) is 0 Å². The van der Waals surface area contributed by atoms with Gasteiger partial charge in [0.25, 0.3) is 0 Å². The molecule has 0 aromatic heterocycles. The summed E-state index contributed by atoms with van der Waals surface area (Å²) in [6.07, 6.45) is 0. The van der Waals surface area contributed by atoms with Crippen molar-refractivity contribution in [2.75, 3.05) is 14.2 Å². The summed E-state index contributed by atoms with van der Waals surface area (Å²) in [4.78, 5) is 32.2. The molecule has 0 bridgehead atoms. The Hall–Kier alpha value is -2.45. The average molecular weight is 230 g/mol.